The van der Waals surface area contributed by atoms with Gasteiger partial charge < -0.3 is 15.5 Å². The molecular formula is C13H21NO3S. The van der Waals surface area contributed by atoms with Gasteiger partial charge in [-0.2, -0.15) is 0 Å². The van der Waals surface area contributed by atoms with Gasteiger partial charge in [-0.1, -0.05) is 13.8 Å². The number of rotatable bonds is 7. The summed E-state index contributed by atoms with van der Waals surface area (Å²) < 4.78 is 0. The van der Waals surface area contributed by atoms with Crippen LogP contribution in [0.25, 0.3) is 0 Å². The molecule has 0 amide bonds. The van der Waals surface area contributed by atoms with Crippen LogP contribution in [-0.2, 0) is 6.54 Å². The van der Waals surface area contributed by atoms with Crippen LogP contribution in [0.1, 0.15) is 42.4 Å². The third kappa shape index (κ3) is 4.76. The van der Waals surface area contributed by atoms with Gasteiger partial charge in [-0.3, -0.25) is 0 Å². The molecule has 0 saturated heterocycles. The summed E-state index contributed by atoms with van der Waals surface area (Å²) in [5.74, 6) is -0.465. The maximum absolute atomic E-state index is 10.9. The van der Waals surface area contributed by atoms with Crippen molar-refractivity contribution in [3.8, 4) is 0 Å². The lowest BCUT2D eigenvalue weighted by Crippen LogP contribution is -2.38. The number of carboxylic acid groups (broad SMARTS) is 1. The first-order chi connectivity index (χ1) is 8.32. The van der Waals surface area contributed by atoms with Crippen molar-refractivity contribution in [3.05, 3.63) is 21.9 Å². The molecule has 0 aliphatic carbocycles. The van der Waals surface area contributed by atoms with E-state index in [2.05, 4.69) is 19.2 Å². The van der Waals surface area contributed by atoms with Gasteiger partial charge in [0.15, 0.2) is 0 Å². The average Bonchev–Trinajstić information content (AvgIpc) is 2.63. The third-order valence-electron chi connectivity index (χ3n) is 2.61. The fraction of sp³-hybridized carbons (Fsp3) is 0.615. The first-order valence-corrected chi connectivity index (χ1v) is 6.92. The molecule has 102 valence electrons. The largest absolute Gasteiger partial charge is 0.477 e. The lowest BCUT2D eigenvalue weighted by atomic mass is 9.94. The van der Waals surface area contributed by atoms with Gasteiger partial charge in [0.1, 0.15) is 4.88 Å². The van der Waals surface area contributed by atoms with E-state index < -0.39 is 11.6 Å². The molecule has 1 aromatic rings. The van der Waals surface area contributed by atoms with Crippen molar-refractivity contribution in [2.45, 2.75) is 39.3 Å². The summed E-state index contributed by atoms with van der Waals surface area (Å²) in [6.07, 6.45) is 0.718. The molecule has 0 fully saturated rings. The van der Waals surface area contributed by atoms with Crippen molar-refractivity contribution in [2.24, 2.45) is 5.92 Å². The van der Waals surface area contributed by atoms with E-state index in [4.69, 9.17) is 5.11 Å². The van der Waals surface area contributed by atoms with Gasteiger partial charge in [0, 0.05) is 13.1 Å². The highest BCUT2D eigenvalue weighted by atomic mass is 32.1. The number of nitrogens with one attached hydrogen (secondary N) is 1. The SMILES string of the molecule is CC(C)CC(C)(O)CNCc1ccsc1C(=O)O. The Morgan fingerprint density at radius 2 is 2.22 bits per heavy atom. The molecule has 0 saturated carbocycles. The van der Waals surface area contributed by atoms with Gasteiger partial charge in [0.2, 0.25) is 0 Å². The Balaban J connectivity index is 2.46. The number of hydrogen-bond acceptors (Lipinski definition) is 4. The van der Waals surface area contributed by atoms with Crippen LogP contribution in [-0.4, -0.2) is 28.3 Å². The monoisotopic (exact) mass is 271 g/mol. The summed E-state index contributed by atoms with van der Waals surface area (Å²) in [6, 6.07) is 1.80. The first-order valence-electron chi connectivity index (χ1n) is 6.04. The highest BCUT2D eigenvalue weighted by Crippen LogP contribution is 2.18. The normalized spacial score (nSPS) is 14.7. The Morgan fingerprint density at radius 3 is 2.78 bits per heavy atom. The van der Waals surface area contributed by atoms with Gasteiger partial charge in [0.05, 0.1) is 5.60 Å². The quantitative estimate of drug-likeness (QED) is 0.712. The minimum Gasteiger partial charge on any atom is -0.477 e. The molecule has 0 spiro atoms. The van der Waals surface area contributed by atoms with Crippen molar-refractivity contribution < 1.29 is 15.0 Å². The predicted molar refractivity (Wildman–Crippen MR) is 73.1 cm³/mol. The zero-order chi connectivity index (χ0) is 13.8. The second-order valence-electron chi connectivity index (χ2n) is 5.28. The summed E-state index contributed by atoms with van der Waals surface area (Å²) >= 11 is 1.22. The standard InChI is InChI=1S/C13H21NO3S/c1-9(2)6-13(3,17)8-14-7-10-4-5-18-11(10)12(15)16/h4-5,9,14,17H,6-8H2,1-3H3,(H,15,16). The molecule has 0 bridgehead atoms. The van der Waals surface area contributed by atoms with Gasteiger partial charge in [-0.05, 0) is 36.3 Å². The molecule has 18 heavy (non-hydrogen) atoms. The van der Waals surface area contributed by atoms with Crippen LogP contribution in [0.15, 0.2) is 11.4 Å². The molecule has 1 unspecified atom stereocenters. The number of aromatic carboxylic acids is 1. The summed E-state index contributed by atoms with van der Waals surface area (Å²) in [5, 5.41) is 24.0. The van der Waals surface area contributed by atoms with E-state index in [9.17, 15) is 9.90 Å². The molecule has 1 heterocycles. The Hall–Kier alpha value is -0.910. The highest BCUT2D eigenvalue weighted by molar-refractivity contribution is 7.12. The summed E-state index contributed by atoms with van der Waals surface area (Å²) in [6.45, 7) is 6.86. The van der Waals surface area contributed by atoms with E-state index in [1.165, 1.54) is 11.3 Å². The van der Waals surface area contributed by atoms with Crippen molar-refractivity contribution in [2.75, 3.05) is 6.54 Å². The van der Waals surface area contributed by atoms with Crippen LogP contribution in [0.2, 0.25) is 0 Å². The lowest BCUT2D eigenvalue weighted by Gasteiger charge is -2.25. The van der Waals surface area contributed by atoms with E-state index in [-0.39, 0.29) is 0 Å². The molecule has 3 N–H and O–H groups in total. The van der Waals surface area contributed by atoms with Gasteiger partial charge in [-0.25, -0.2) is 4.79 Å². The third-order valence-corrected chi connectivity index (χ3v) is 3.55. The number of aliphatic hydroxyl groups is 1. The number of carbonyl (C=O) groups is 1. The first kappa shape index (κ1) is 15.1. The van der Waals surface area contributed by atoms with Crippen LogP contribution < -0.4 is 5.32 Å². The van der Waals surface area contributed by atoms with E-state index in [1.807, 2.05) is 0 Å². The second kappa shape index (κ2) is 6.31. The molecule has 0 aromatic carbocycles. The van der Waals surface area contributed by atoms with Crippen LogP contribution in [0.4, 0.5) is 0 Å². The van der Waals surface area contributed by atoms with Crippen molar-refractivity contribution >= 4 is 17.3 Å². The molecular weight excluding hydrogens is 250 g/mol. The van der Waals surface area contributed by atoms with Gasteiger partial charge in [-0.15, -0.1) is 11.3 Å². The fourth-order valence-corrected chi connectivity index (χ4v) is 2.84. The molecule has 4 nitrogen and oxygen atoms in total. The van der Waals surface area contributed by atoms with E-state index in [0.717, 1.165) is 12.0 Å². The van der Waals surface area contributed by atoms with Crippen LogP contribution in [0.3, 0.4) is 0 Å². The topological polar surface area (TPSA) is 69.6 Å². The maximum atomic E-state index is 10.9. The minimum absolute atomic E-state index is 0.367. The maximum Gasteiger partial charge on any atom is 0.346 e. The highest BCUT2D eigenvalue weighted by Gasteiger charge is 2.21. The Kier molecular flexibility index (Phi) is 5.31. The molecule has 0 aliphatic heterocycles. The van der Waals surface area contributed by atoms with Crippen molar-refractivity contribution in [1.82, 2.24) is 5.32 Å². The van der Waals surface area contributed by atoms with Crippen molar-refractivity contribution in [3.63, 3.8) is 0 Å². The van der Waals surface area contributed by atoms with Crippen molar-refractivity contribution in [1.29, 1.82) is 0 Å². The van der Waals surface area contributed by atoms with E-state index >= 15 is 0 Å². The Labute approximate surface area is 112 Å². The molecule has 5 heteroatoms. The summed E-state index contributed by atoms with van der Waals surface area (Å²) in [4.78, 5) is 11.3. The second-order valence-corrected chi connectivity index (χ2v) is 6.19. The zero-order valence-electron chi connectivity index (χ0n) is 11.1. The summed E-state index contributed by atoms with van der Waals surface area (Å²) in [7, 11) is 0. The molecule has 1 aromatic heterocycles. The van der Waals surface area contributed by atoms with Crippen LogP contribution in [0.5, 0.6) is 0 Å². The van der Waals surface area contributed by atoms with E-state index in [0.29, 0.717) is 23.9 Å². The lowest BCUT2D eigenvalue weighted by molar-refractivity contribution is 0.0383. The minimum atomic E-state index is -0.893. The zero-order valence-corrected chi connectivity index (χ0v) is 11.9. The predicted octanol–water partition coefficient (Wildman–Crippen LogP) is 2.33. The molecule has 1 atom stereocenters. The van der Waals surface area contributed by atoms with Gasteiger partial charge >= 0.3 is 5.97 Å². The van der Waals surface area contributed by atoms with Crippen LogP contribution >= 0.6 is 11.3 Å². The Bertz CT molecular complexity index is 399. The van der Waals surface area contributed by atoms with Gasteiger partial charge in [0.25, 0.3) is 0 Å². The van der Waals surface area contributed by atoms with Crippen LogP contribution in [0, 0.1) is 5.92 Å². The number of thiophene rings is 1. The fourth-order valence-electron chi connectivity index (χ4n) is 2.08. The summed E-state index contributed by atoms with van der Waals surface area (Å²) in [5.41, 5.74) is 0.0148. The van der Waals surface area contributed by atoms with E-state index in [1.54, 1.807) is 18.4 Å². The molecule has 1 rings (SSSR count). The smallest absolute Gasteiger partial charge is 0.346 e. The number of carboxylic acids is 1. The molecule has 0 radical (unpaired) electrons. The average molecular weight is 271 g/mol. The number of hydrogen-bond donors (Lipinski definition) is 3. The molecule has 0 aliphatic rings. The Morgan fingerprint density at radius 1 is 1.56 bits per heavy atom.